The summed E-state index contributed by atoms with van der Waals surface area (Å²) in [5, 5.41) is 4.14. The van der Waals surface area contributed by atoms with Gasteiger partial charge in [-0.2, -0.15) is 0 Å². The molecule has 166 valence electrons. The van der Waals surface area contributed by atoms with E-state index in [2.05, 4.69) is 30.2 Å². The topological polar surface area (TPSA) is 81.8 Å². The number of rotatable bonds is 8. The first-order valence-electron chi connectivity index (χ1n) is 10.1. The van der Waals surface area contributed by atoms with Crippen molar-refractivity contribution in [3.8, 4) is 23.0 Å². The number of H-pyrrole nitrogens is 1. The van der Waals surface area contributed by atoms with Crippen LogP contribution < -0.4 is 29.8 Å². The van der Waals surface area contributed by atoms with E-state index in [9.17, 15) is 4.79 Å². The van der Waals surface area contributed by atoms with Gasteiger partial charge in [0.05, 0.1) is 34.0 Å². The van der Waals surface area contributed by atoms with E-state index in [1.54, 1.807) is 34.5 Å². The maximum Gasteiger partial charge on any atom is 0.253 e. The molecule has 0 radical (unpaired) electrons. The minimum absolute atomic E-state index is 0.176. The van der Waals surface area contributed by atoms with Gasteiger partial charge in [-0.05, 0) is 42.2 Å². The fourth-order valence-electron chi connectivity index (χ4n) is 3.71. The smallest absolute Gasteiger partial charge is 0.253 e. The lowest BCUT2D eigenvalue weighted by Gasteiger charge is -2.18. The Morgan fingerprint density at radius 3 is 2.16 bits per heavy atom. The highest BCUT2D eigenvalue weighted by atomic mass is 16.5. The number of aromatic amines is 1. The maximum atomic E-state index is 12.7. The van der Waals surface area contributed by atoms with Gasteiger partial charge in [-0.3, -0.25) is 4.79 Å². The highest BCUT2D eigenvalue weighted by Crippen LogP contribution is 2.42. The third kappa shape index (κ3) is 4.26. The Kier molecular flexibility index (Phi) is 6.63. The van der Waals surface area contributed by atoms with Crippen LogP contribution in [0.4, 0.5) is 5.69 Å². The van der Waals surface area contributed by atoms with Gasteiger partial charge in [-0.25, -0.2) is 0 Å². The lowest BCUT2D eigenvalue weighted by atomic mass is 9.99. The van der Waals surface area contributed by atoms with Crippen LogP contribution in [0.25, 0.3) is 10.9 Å². The SMILES string of the molecule is COc1cc(C)c(NCc2cc3c(OC)c(OC)c(OC)cc3[nH]c2=O)cc1C(C)C. The number of aryl methyl sites for hydroxylation is 1. The number of nitrogens with one attached hydrogen (secondary N) is 2. The molecule has 0 aliphatic carbocycles. The Hall–Kier alpha value is -3.35. The van der Waals surface area contributed by atoms with Crippen LogP contribution in [0.3, 0.4) is 0 Å². The summed E-state index contributed by atoms with van der Waals surface area (Å²) in [5.41, 5.74) is 4.14. The molecule has 31 heavy (non-hydrogen) atoms. The Labute approximate surface area is 182 Å². The van der Waals surface area contributed by atoms with Gasteiger partial charge in [-0.15, -0.1) is 0 Å². The molecule has 0 saturated carbocycles. The van der Waals surface area contributed by atoms with Crippen LogP contribution in [0.5, 0.6) is 23.0 Å². The van der Waals surface area contributed by atoms with E-state index < -0.39 is 0 Å². The summed E-state index contributed by atoms with van der Waals surface area (Å²) >= 11 is 0. The standard InChI is InChI=1S/C24H30N2O5/c1-13(2)16-10-18(14(3)8-20(16)28-4)25-12-15-9-17-19(26-24(15)27)11-21(29-5)23(31-7)22(17)30-6/h8-11,13,25H,12H2,1-7H3,(H,26,27). The molecule has 2 aromatic carbocycles. The van der Waals surface area contributed by atoms with Crippen LogP contribution in [-0.2, 0) is 6.54 Å². The Balaban J connectivity index is 2.02. The Morgan fingerprint density at radius 2 is 1.58 bits per heavy atom. The van der Waals surface area contributed by atoms with Gasteiger partial charge in [0.1, 0.15) is 5.75 Å². The van der Waals surface area contributed by atoms with Crippen molar-refractivity contribution in [2.45, 2.75) is 33.2 Å². The largest absolute Gasteiger partial charge is 0.496 e. The summed E-state index contributed by atoms with van der Waals surface area (Å²) in [4.78, 5) is 15.7. The summed E-state index contributed by atoms with van der Waals surface area (Å²) in [6.45, 7) is 6.62. The van der Waals surface area contributed by atoms with Crippen molar-refractivity contribution >= 4 is 16.6 Å². The van der Waals surface area contributed by atoms with Crippen molar-refractivity contribution in [2.24, 2.45) is 0 Å². The van der Waals surface area contributed by atoms with Crippen LogP contribution in [0.2, 0.25) is 0 Å². The summed E-state index contributed by atoms with van der Waals surface area (Å²) in [5.74, 6) is 2.66. The molecule has 2 N–H and O–H groups in total. The molecule has 0 saturated heterocycles. The van der Waals surface area contributed by atoms with Crippen molar-refractivity contribution < 1.29 is 18.9 Å². The number of aromatic nitrogens is 1. The molecular weight excluding hydrogens is 396 g/mol. The molecule has 0 atom stereocenters. The second-order valence-electron chi connectivity index (χ2n) is 7.65. The van der Waals surface area contributed by atoms with Crippen LogP contribution in [0, 0.1) is 6.92 Å². The molecule has 0 spiro atoms. The third-order valence-corrected chi connectivity index (χ3v) is 5.39. The third-order valence-electron chi connectivity index (χ3n) is 5.39. The number of pyridine rings is 1. The van der Waals surface area contributed by atoms with Gasteiger partial charge >= 0.3 is 0 Å². The van der Waals surface area contributed by atoms with Crippen molar-refractivity contribution in [3.63, 3.8) is 0 Å². The van der Waals surface area contributed by atoms with Gasteiger partial charge in [-0.1, -0.05) is 13.8 Å². The van der Waals surface area contributed by atoms with Crippen LogP contribution in [-0.4, -0.2) is 33.4 Å². The summed E-state index contributed by atoms with van der Waals surface area (Å²) in [6.07, 6.45) is 0. The lowest BCUT2D eigenvalue weighted by Crippen LogP contribution is -2.16. The monoisotopic (exact) mass is 426 g/mol. The number of benzene rings is 2. The minimum Gasteiger partial charge on any atom is -0.496 e. The number of anilines is 1. The van der Waals surface area contributed by atoms with Crippen LogP contribution in [0.15, 0.2) is 29.1 Å². The van der Waals surface area contributed by atoms with Gasteiger partial charge in [0.2, 0.25) is 5.75 Å². The van der Waals surface area contributed by atoms with Gasteiger partial charge < -0.3 is 29.2 Å². The minimum atomic E-state index is -0.176. The zero-order chi connectivity index (χ0) is 22.7. The summed E-state index contributed by atoms with van der Waals surface area (Å²) in [7, 11) is 6.34. The van der Waals surface area contributed by atoms with E-state index in [0.29, 0.717) is 40.8 Å². The molecule has 3 rings (SSSR count). The fraction of sp³-hybridized carbons (Fsp3) is 0.375. The average Bonchev–Trinajstić information content (AvgIpc) is 2.76. The van der Waals surface area contributed by atoms with Gasteiger partial charge in [0.25, 0.3) is 5.56 Å². The van der Waals surface area contributed by atoms with Crippen LogP contribution in [0.1, 0.15) is 36.5 Å². The van der Waals surface area contributed by atoms with Crippen molar-refractivity contribution in [3.05, 3.63) is 51.3 Å². The van der Waals surface area contributed by atoms with Crippen molar-refractivity contribution in [1.82, 2.24) is 4.98 Å². The molecule has 0 aliphatic rings. The number of hydrogen-bond donors (Lipinski definition) is 2. The normalized spacial score (nSPS) is 11.0. The fourth-order valence-corrected chi connectivity index (χ4v) is 3.71. The highest BCUT2D eigenvalue weighted by molar-refractivity contribution is 5.90. The van der Waals surface area contributed by atoms with Crippen LogP contribution >= 0.6 is 0 Å². The predicted octanol–water partition coefficient (Wildman–Crippen LogP) is 4.61. The van der Waals surface area contributed by atoms with E-state index in [0.717, 1.165) is 28.0 Å². The molecule has 1 aromatic heterocycles. The number of ether oxygens (including phenoxy) is 4. The van der Waals surface area contributed by atoms with E-state index in [1.165, 1.54) is 0 Å². The Bertz CT molecular complexity index is 1150. The van der Waals surface area contributed by atoms with Crippen molar-refractivity contribution in [1.29, 1.82) is 0 Å². The molecule has 0 bridgehead atoms. The summed E-state index contributed by atoms with van der Waals surface area (Å²) in [6, 6.07) is 7.66. The second kappa shape index (κ2) is 9.20. The van der Waals surface area contributed by atoms with Gasteiger partial charge in [0, 0.05) is 29.2 Å². The molecule has 3 aromatic rings. The molecule has 0 amide bonds. The predicted molar refractivity (Wildman–Crippen MR) is 123 cm³/mol. The lowest BCUT2D eigenvalue weighted by molar-refractivity contribution is 0.327. The molecular formula is C24H30N2O5. The highest BCUT2D eigenvalue weighted by Gasteiger charge is 2.18. The van der Waals surface area contributed by atoms with E-state index in [4.69, 9.17) is 18.9 Å². The molecule has 7 heteroatoms. The zero-order valence-electron chi connectivity index (χ0n) is 19.1. The number of methoxy groups -OCH3 is 4. The number of fused-ring (bicyclic) bond motifs is 1. The molecule has 1 heterocycles. The van der Waals surface area contributed by atoms with E-state index >= 15 is 0 Å². The molecule has 0 aliphatic heterocycles. The van der Waals surface area contributed by atoms with Crippen molar-refractivity contribution in [2.75, 3.05) is 33.8 Å². The maximum absolute atomic E-state index is 12.7. The average molecular weight is 427 g/mol. The zero-order valence-corrected chi connectivity index (χ0v) is 19.1. The number of hydrogen-bond acceptors (Lipinski definition) is 6. The first-order valence-corrected chi connectivity index (χ1v) is 10.1. The van der Waals surface area contributed by atoms with E-state index in [1.807, 2.05) is 19.1 Å². The molecule has 0 unspecified atom stereocenters. The van der Waals surface area contributed by atoms with E-state index in [-0.39, 0.29) is 5.56 Å². The second-order valence-corrected chi connectivity index (χ2v) is 7.65. The first kappa shape index (κ1) is 22.3. The summed E-state index contributed by atoms with van der Waals surface area (Å²) < 4.78 is 21.9. The quantitative estimate of drug-likeness (QED) is 0.548. The Morgan fingerprint density at radius 1 is 0.903 bits per heavy atom. The van der Waals surface area contributed by atoms with Gasteiger partial charge in [0.15, 0.2) is 11.5 Å². The molecule has 7 nitrogen and oxygen atoms in total. The first-order chi connectivity index (χ1) is 14.8. The molecule has 0 fully saturated rings.